The van der Waals surface area contributed by atoms with E-state index in [4.69, 9.17) is 5.11 Å². The Morgan fingerprint density at radius 3 is 2.55 bits per heavy atom. The van der Waals surface area contributed by atoms with Crippen LogP contribution >= 0.6 is 0 Å². The van der Waals surface area contributed by atoms with Crippen molar-refractivity contribution < 1.29 is 17.7 Å². The molecule has 0 amide bonds. The van der Waals surface area contributed by atoms with E-state index in [0.717, 1.165) is 0 Å². The summed E-state index contributed by atoms with van der Waals surface area (Å²) in [5.74, 6) is 5.84. The molecule has 0 aromatic heterocycles. The van der Waals surface area contributed by atoms with Crippen molar-refractivity contribution in [2.24, 2.45) is 0 Å². The molecule has 0 atom stereocenters. The maximum atomic E-state index is 12.6. The average Bonchev–Trinajstić information content (AvgIpc) is 2.46. The first-order chi connectivity index (χ1) is 9.55. The van der Waals surface area contributed by atoms with Gasteiger partial charge in [0.05, 0.1) is 4.90 Å². The molecule has 0 aliphatic carbocycles. The third-order valence-electron chi connectivity index (χ3n) is 2.94. The van der Waals surface area contributed by atoms with Gasteiger partial charge in [0.1, 0.15) is 6.61 Å². The summed E-state index contributed by atoms with van der Waals surface area (Å²) in [6.45, 7) is 0.199. The monoisotopic (exact) mass is 313 g/mol. The van der Waals surface area contributed by atoms with Gasteiger partial charge in [-0.3, -0.25) is 4.21 Å². The van der Waals surface area contributed by atoms with Gasteiger partial charge in [-0.2, -0.15) is 4.31 Å². The van der Waals surface area contributed by atoms with Crippen LogP contribution in [0.1, 0.15) is 5.56 Å². The second-order valence-corrected chi connectivity index (χ2v) is 7.81. The number of aliphatic hydroxyl groups is 1. The van der Waals surface area contributed by atoms with Crippen molar-refractivity contribution in [1.29, 1.82) is 0 Å². The van der Waals surface area contributed by atoms with Gasteiger partial charge in [-0.1, -0.05) is 24.0 Å². The maximum absolute atomic E-state index is 12.6. The van der Waals surface area contributed by atoms with Crippen LogP contribution < -0.4 is 0 Å². The Morgan fingerprint density at radius 1 is 1.25 bits per heavy atom. The normalized spacial score (nSPS) is 17.4. The van der Waals surface area contributed by atoms with Crippen LogP contribution in [-0.2, 0) is 20.8 Å². The Labute approximate surface area is 121 Å². The van der Waals surface area contributed by atoms with Crippen molar-refractivity contribution in [3.8, 4) is 11.8 Å². The van der Waals surface area contributed by atoms with Crippen molar-refractivity contribution in [2.75, 3.05) is 31.2 Å². The summed E-state index contributed by atoms with van der Waals surface area (Å²) in [7, 11) is -4.56. The van der Waals surface area contributed by atoms with E-state index in [2.05, 4.69) is 11.8 Å². The van der Waals surface area contributed by atoms with Crippen molar-refractivity contribution >= 4 is 20.8 Å². The molecule has 0 spiro atoms. The second-order valence-electron chi connectivity index (χ2n) is 4.21. The fourth-order valence-corrected chi connectivity index (χ4v) is 4.80. The van der Waals surface area contributed by atoms with Crippen LogP contribution in [0.4, 0.5) is 0 Å². The van der Waals surface area contributed by atoms with Crippen LogP contribution in [0.2, 0.25) is 0 Å². The number of hydrogen-bond donors (Lipinski definition) is 1. The molecule has 108 valence electrons. The highest BCUT2D eigenvalue weighted by Crippen LogP contribution is 2.20. The first kappa shape index (κ1) is 15.2. The van der Waals surface area contributed by atoms with Gasteiger partial charge < -0.3 is 5.11 Å². The molecule has 1 aliphatic heterocycles. The lowest BCUT2D eigenvalue weighted by molar-refractivity contribution is 0.350. The van der Waals surface area contributed by atoms with E-state index in [9.17, 15) is 12.6 Å². The third-order valence-corrected chi connectivity index (χ3v) is 6.18. The first-order valence-electron chi connectivity index (χ1n) is 6.09. The lowest BCUT2D eigenvalue weighted by atomic mass is 10.2. The Bertz CT molecular complexity index is 663. The highest BCUT2D eigenvalue weighted by atomic mass is 32.2. The van der Waals surface area contributed by atoms with Gasteiger partial charge in [-0.05, 0) is 12.1 Å². The molecule has 1 aliphatic rings. The van der Waals surface area contributed by atoms with Crippen LogP contribution in [0, 0.1) is 11.8 Å². The van der Waals surface area contributed by atoms with E-state index in [1.807, 2.05) is 0 Å². The number of hydrogen-bond acceptors (Lipinski definition) is 4. The minimum atomic E-state index is -3.63. The van der Waals surface area contributed by atoms with Gasteiger partial charge in [-0.25, -0.2) is 8.42 Å². The molecule has 2 rings (SSSR count). The predicted molar refractivity (Wildman–Crippen MR) is 77.0 cm³/mol. The molecular formula is C13H15NO4S2. The zero-order valence-corrected chi connectivity index (χ0v) is 12.4. The van der Waals surface area contributed by atoms with Crippen LogP contribution in [-0.4, -0.2) is 53.2 Å². The van der Waals surface area contributed by atoms with Crippen molar-refractivity contribution in [3.63, 3.8) is 0 Å². The number of aliphatic hydroxyl groups excluding tert-OH is 1. The maximum Gasteiger partial charge on any atom is 0.244 e. The largest absolute Gasteiger partial charge is 0.384 e. The predicted octanol–water partition coefficient (Wildman–Crippen LogP) is -0.217. The topological polar surface area (TPSA) is 74.7 Å². The molecule has 20 heavy (non-hydrogen) atoms. The fraction of sp³-hybridized carbons (Fsp3) is 0.385. The van der Waals surface area contributed by atoms with Gasteiger partial charge in [-0.15, -0.1) is 0 Å². The quantitative estimate of drug-likeness (QED) is 0.766. The van der Waals surface area contributed by atoms with Gasteiger partial charge >= 0.3 is 0 Å². The van der Waals surface area contributed by atoms with E-state index in [0.29, 0.717) is 17.1 Å². The lowest BCUT2D eigenvalue weighted by Crippen LogP contribution is -2.41. The molecular weight excluding hydrogens is 298 g/mol. The summed E-state index contributed by atoms with van der Waals surface area (Å²) in [5.41, 5.74) is 0.369. The zero-order chi connectivity index (χ0) is 14.6. The van der Waals surface area contributed by atoms with Crippen LogP contribution in [0.15, 0.2) is 29.2 Å². The van der Waals surface area contributed by atoms with Gasteiger partial charge in [0, 0.05) is 41.0 Å². The molecule has 1 fully saturated rings. The molecule has 0 saturated carbocycles. The van der Waals surface area contributed by atoms with E-state index >= 15 is 0 Å². The Morgan fingerprint density at radius 2 is 1.90 bits per heavy atom. The van der Waals surface area contributed by atoms with Crippen LogP contribution in [0.25, 0.3) is 0 Å². The molecule has 1 saturated heterocycles. The second kappa shape index (κ2) is 6.50. The van der Waals surface area contributed by atoms with E-state index in [1.54, 1.807) is 18.2 Å². The Balaban J connectivity index is 2.37. The molecule has 1 aromatic carbocycles. The molecule has 0 unspecified atom stereocenters. The summed E-state index contributed by atoms with van der Waals surface area (Å²) >= 11 is 0. The Hall–Kier alpha value is -1.20. The highest BCUT2D eigenvalue weighted by molar-refractivity contribution is 7.89. The van der Waals surface area contributed by atoms with Gasteiger partial charge in [0.15, 0.2) is 0 Å². The summed E-state index contributed by atoms with van der Waals surface area (Å²) in [4.78, 5) is 0.133. The smallest absolute Gasteiger partial charge is 0.244 e. The van der Waals surface area contributed by atoms with Gasteiger partial charge in [0.2, 0.25) is 10.0 Å². The van der Waals surface area contributed by atoms with Crippen molar-refractivity contribution in [2.45, 2.75) is 4.90 Å². The number of nitrogens with zero attached hydrogens (tertiary/aromatic N) is 1. The molecule has 0 bridgehead atoms. The average molecular weight is 313 g/mol. The fourth-order valence-electron chi connectivity index (χ4n) is 1.93. The molecule has 0 radical (unpaired) electrons. The number of benzene rings is 1. The SMILES string of the molecule is O=S1CCN(S(=O)(=O)c2ccccc2C#CCO)CC1. The summed E-state index contributed by atoms with van der Waals surface area (Å²) in [6, 6.07) is 6.45. The summed E-state index contributed by atoms with van der Waals surface area (Å²) < 4.78 is 37.8. The summed E-state index contributed by atoms with van der Waals surface area (Å²) in [6.07, 6.45) is 0. The molecule has 5 nitrogen and oxygen atoms in total. The van der Waals surface area contributed by atoms with E-state index in [1.165, 1.54) is 10.4 Å². The van der Waals surface area contributed by atoms with Crippen LogP contribution in [0.3, 0.4) is 0 Å². The standard InChI is InChI=1S/C13H15NO4S2/c15-9-3-5-12-4-1-2-6-13(12)20(17,18)14-7-10-19(16)11-8-14/h1-2,4,6,15H,7-11H2. The van der Waals surface area contributed by atoms with Crippen LogP contribution in [0.5, 0.6) is 0 Å². The Kier molecular flexibility index (Phi) is 4.94. The lowest BCUT2D eigenvalue weighted by Gasteiger charge is -2.26. The first-order valence-corrected chi connectivity index (χ1v) is 9.02. The molecule has 1 aromatic rings. The number of sulfonamides is 1. The molecule has 1 N–H and O–H groups in total. The highest BCUT2D eigenvalue weighted by Gasteiger charge is 2.29. The minimum absolute atomic E-state index is 0.133. The minimum Gasteiger partial charge on any atom is -0.384 e. The van der Waals surface area contributed by atoms with Gasteiger partial charge in [0.25, 0.3) is 0 Å². The summed E-state index contributed by atoms with van der Waals surface area (Å²) in [5, 5.41) is 8.73. The van der Waals surface area contributed by atoms with Crippen molar-refractivity contribution in [1.82, 2.24) is 4.31 Å². The van der Waals surface area contributed by atoms with E-state index < -0.39 is 20.8 Å². The zero-order valence-electron chi connectivity index (χ0n) is 10.8. The molecule has 1 heterocycles. The van der Waals surface area contributed by atoms with Crippen molar-refractivity contribution in [3.05, 3.63) is 29.8 Å². The third kappa shape index (κ3) is 3.27. The number of rotatable bonds is 2. The van der Waals surface area contributed by atoms with E-state index in [-0.39, 0.29) is 24.6 Å². The molecule has 7 heteroatoms.